The van der Waals surface area contributed by atoms with Gasteiger partial charge in [-0.1, -0.05) is 6.07 Å². The molecule has 36 valence electrons. The molecule has 0 saturated heterocycles. The molecule has 1 rings (SSSR count). The van der Waals surface area contributed by atoms with Crippen LogP contribution in [-0.2, 0) is 0 Å². The largest absolute Gasteiger partial charge is 0.329 e. The van der Waals surface area contributed by atoms with Crippen LogP contribution in [0.5, 0.6) is 0 Å². The van der Waals surface area contributed by atoms with Crippen LogP contribution in [0.25, 0.3) is 0 Å². The number of nitrogens with one attached hydrogen (secondary N) is 1. The summed E-state index contributed by atoms with van der Waals surface area (Å²) >= 11 is 0. The zero-order valence-corrected chi connectivity index (χ0v) is 3.72. The smallest absolute Gasteiger partial charge is 0.247 e. The van der Waals surface area contributed by atoms with E-state index in [4.69, 9.17) is 0 Å². The van der Waals surface area contributed by atoms with E-state index in [1.54, 1.807) is 18.3 Å². The molecule has 0 aliphatic rings. The van der Waals surface area contributed by atoms with Crippen molar-refractivity contribution in [3.8, 4) is 0 Å². The standard InChI is InChI=1S/C5H5NO/c7-5-3-1-2-4-6-5/h1-4H,(H,6,7)/i5+1. The summed E-state index contributed by atoms with van der Waals surface area (Å²) in [5, 5.41) is 0. The summed E-state index contributed by atoms with van der Waals surface area (Å²) in [5.74, 6) is 0. The molecule has 0 fully saturated rings. The Bertz CT molecular complexity index is 174. The SMILES string of the molecule is O=[13c]1cccc[nH]1. The molecule has 0 unspecified atom stereocenters. The molecule has 1 aromatic rings. The first-order valence-electron chi connectivity index (χ1n) is 2.03. The highest BCUT2D eigenvalue weighted by atomic mass is 16.2. The molecule has 1 heterocycles. The molecule has 0 aliphatic carbocycles. The van der Waals surface area contributed by atoms with Crippen LogP contribution in [0.15, 0.2) is 29.2 Å². The summed E-state index contributed by atoms with van der Waals surface area (Å²) in [5.41, 5.74) is -0.0532. The highest BCUT2D eigenvalue weighted by molar-refractivity contribution is 4.89. The molecule has 0 atom stereocenters. The van der Waals surface area contributed by atoms with Gasteiger partial charge in [0.15, 0.2) is 0 Å². The van der Waals surface area contributed by atoms with E-state index in [1.165, 1.54) is 6.07 Å². The molecule has 0 radical (unpaired) electrons. The Morgan fingerprint density at radius 1 is 1.43 bits per heavy atom. The monoisotopic (exact) mass is 96.0 g/mol. The van der Waals surface area contributed by atoms with Gasteiger partial charge < -0.3 is 4.98 Å². The minimum Gasteiger partial charge on any atom is -0.329 e. The average molecular weight is 96.1 g/mol. The second-order valence-corrected chi connectivity index (χ2v) is 1.23. The van der Waals surface area contributed by atoms with Gasteiger partial charge in [-0.15, -0.1) is 0 Å². The van der Waals surface area contributed by atoms with Crippen molar-refractivity contribution in [3.63, 3.8) is 0 Å². The van der Waals surface area contributed by atoms with Gasteiger partial charge in [0.05, 0.1) is 0 Å². The van der Waals surface area contributed by atoms with Crippen LogP contribution in [0, 0.1) is 0 Å². The maximum atomic E-state index is 10.2. The second-order valence-electron chi connectivity index (χ2n) is 1.23. The summed E-state index contributed by atoms with van der Waals surface area (Å²) in [6.45, 7) is 0. The van der Waals surface area contributed by atoms with Crippen molar-refractivity contribution >= 4 is 0 Å². The third-order valence-corrected chi connectivity index (χ3v) is 0.681. The number of hydrogen-bond donors (Lipinski definition) is 1. The Morgan fingerprint density at radius 3 is 2.57 bits per heavy atom. The molecular weight excluding hydrogens is 91.1 g/mol. The summed E-state index contributed by atoms with van der Waals surface area (Å²) in [7, 11) is 0. The first-order valence-corrected chi connectivity index (χ1v) is 2.03. The van der Waals surface area contributed by atoms with E-state index in [9.17, 15) is 4.79 Å². The Balaban J connectivity index is 3.28. The molecule has 0 aromatic carbocycles. The van der Waals surface area contributed by atoms with E-state index < -0.39 is 0 Å². The number of pyridine rings is 1. The van der Waals surface area contributed by atoms with E-state index >= 15 is 0 Å². The molecule has 0 spiro atoms. The van der Waals surface area contributed by atoms with Crippen LogP contribution in [0.2, 0.25) is 0 Å². The fourth-order valence-electron chi connectivity index (χ4n) is 0.377. The predicted molar refractivity (Wildman–Crippen MR) is 27.1 cm³/mol. The quantitative estimate of drug-likeness (QED) is 0.497. The van der Waals surface area contributed by atoms with Gasteiger partial charge in [-0.25, -0.2) is 0 Å². The normalized spacial score (nSPS) is 8.57. The predicted octanol–water partition coefficient (Wildman–Crippen LogP) is 0.375. The van der Waals surface area contributed by atoms with E-state index in [-0.39, 0.29) is 5.56 Å². The van der Waals surface area contributed by atoms with Crippen molar-refractivity contribution in [2.45, 2.75) is 0 Å². The van der Waals surface area contributed by atoms with Crippen molar-refractivity contribution in [1.82, 2.24) is 4.98 Å². The Hall–Kier alpha value is -1.05. The summed E-state index contributed by atoms with van der Waals surface area (Å²) in [6, 6.07) is 4.93. The van der Waals surface area contributed by atoms with Crippen molar-refractivity contribution in [2.75, 3.05) is 0 Å². The number of hydrogen-bond acceptors (Lipinski definition) is 1. The van der Waals surface area contributed by atoms with Crippen molar-refractivity contribution in [3.05, 3.63) is 34.7 Å². The van der Waals surface area contributed by atoms with Gasteiger partial charge in [-0.05, 0) is 6.07 Å². The summed E-state index contributed by atoms with van der Waals surface area (Å²) < 4.78 is 0. The molecule has 1 N–H and O–H groups in total. The molecule has 0 saturated carbocycles. The fourth-order valence-corrected chi connectivity index (χ4v) is 0.377. The van der Waals surface area contributed by atoms with Crippen LogP contribution in [0.3, 0.4) is 0 Å². The minimum atomic E-state index is -0.0532. The van der Waals surface area contributed by atoms with Crippen LogP contribution in [-0.4, -0.2) is 4.98 Å². The number of aromatic amines is 1. The maximum Gasteiger partial charge on any atom is 0.247 e. The molecule has 1 aromatic heterocycles. The van der Waals surface area contributed by atoms with Crippen LogP contribution >= 0.6 is 0 Å². The topological polar surface area (TPSA) is 32.9 Å². The van der Waals surface area contributed by atoms with Crippen molar-refractivity contribution in [1.29, 1.82) is 0 Å². The molecule has 2 nitrogen and oxygen atoms in total. The van der Waals surface area contributed by atoms with Gasteiger partial charge >= 0.3 is 0 Å². The number of aromatic nitrogens is 1. The molecule has 2 heteroatoms. The first-order chi connectivity index (χ1) is 3.39. The first kappa shape index (κ1) is 4.12. The molecular formula is C5H5NO. The van der Waals surface area contributed by atoms with Gasteiger partial charge in [0.25, 0.3) is 0 Å². The van der Waals surface area contributed by atoms with Crippen LogP contribution < -0.4 is 5.56 Å². The van der Waals surface area contributed by atoms with Gasteiger partial charge in [0.1, 0.15) is 0 Å². The van der Waals surface area contributed by atoms with E-state index in [0.717, 1.165) is 0 Å². The molecule has 0 amide bonds. The van der Waals surface area contributed by atoms with Gasteiger partial charge in [0, 0.05) is 12.3 Å². The Labute approximate surface area is 40.8 Å². The average Bonchev–Trinajstić information content (AvgIpc) is 1.69. The number of rotatable bonds is 0. The zero-order chi connectivity index (χ0) is 5.11. The zero-order valence-electron chi connectivity index (χ0n) is 3.72. The van der Waals surface area contributed by atoms with Gasteiger partial charge in [-0.2, -0.15) is 0 Å². The fraction of sp³-hybridized carbons (Fsp3) is 0. The van der Waals surface area contributed by atoms with Crippen molar-refractivity contribution < 1.29 is 0 Å². The van der Waals surface area contributed by atoms with Crippen molar-refractivity contribution in [2.24, 2.45) is 0 Å². The maximum absolute atomic E-state index is 10.2. The molecule has 0 aliphatic heterocycles. The third-order valence-electron chi connectivity index (χ3n) is 0.681. The van der Waals surface area contributed by atoms with Crippen LogP contribution in [0.1, 0.15) is 0 Å². The molecule has 0 bridgehead atoms. The minimum absolute atomic E-state index is 0.0532. The highest BCUT2D eigenvalue weighted by Crippen LogP contribution is 1.67. The Kier molecular flexibility index (Phi) is 0.941. The second kappa shape index (κ2) is 1.60. The lowest BCUT2D eigenvalue weighted by Gasteiger charge is -1.73. The Morgan fingerprint density at radius 2 is 2.29 bits per heavy atom. The lowest BCUT2D eigenvalue weighted by Crippen LogP contribution is -1.98. The van der Waals surface area contributed by atoms with E-state index in [1.807, 2.05) is 0 Å². The molecule has 7 heavy (non-hydrogen) atoms. The summed E-state index contributed by atoms with van der Waals surface area (Å²) in [6.07, 6.45) is 1.60. The third kappa shape index (κ3) is 0.892. The van der Waals surface area contributed by atoms with E-state index in [2.05, 4.69) is 4.98 Å². The van der Waals surface area contributed by atoms with E-state index in [0.29, 0.717) is 0 Å². The highest BCUT2D eigenvalue weighted by Gasteiger charge is 1.69. The summed E-state index contributed by atoms with van der Waals surface area (Å²) in [4.78, 5) is 12.7. The van der Waals surface area contributed by atoms with Gasteiger partial charge in [0.2, 0.25) is 5.56 Å². The van der Waals surface area contributed by atoms with Gasteiger partial charge in [-0.3, -0.25) is 4.79 Å². The number of H-pyrrole nitrogens is 1. The lowest BCUT2D eigenvalue weighted by molar-refractivity contribution is 1.24. The lowest BCUT2D eigenvalue weighted by atomic mass is 10.6. The van der Waals surface area contributed by atoms with Crippen LogP contribution in [0.4, 0.5) is 0 Å².